The molecule has 0 amide bonds. The van der Waals surface area contributed by atoms with Gasteiger partial charge in [-0.3, -0.25) is 4.79 Å². The standard InChI is InChI=1S/C22H16BrNO/c23-17-11-12-18-20(14-17)24-21(16-9-5-2-6-10-16)19(22(18)25)13-15-7-3-1-4-8-15/h1-12,14H,13H2,(H,24,25). The van der Waals surface area contributed by atoms with Crippen LogP contribution in [0.3, 0.4) is 0 Å². The minimum Gasteiger partial charge on any atom is -0.354 e. The number of pyridine rings is 1. The first-order valence-electron chi connectivity index (χ1n) is 8.16. The molecule has 0 saturated heterocycles. The molecule has 1 heterocycles. The number of hydrogen-bond donors (Lipinski definition) is 1. The number of benzene rings is 3. The highest BCUT2D eigenvalue weighted by molar-refractivity contribution is 9.10. The summed E-state index contributed by atoms with van der Waals surface area (Å²) in [7, 11) is 0. The third-order valence-electron chi connectivity index (χ3n) is 4.35. The van der Waals surface area contributed by atoms with Crippen LogP contribution in [0.25, 0.3) is 22.2 Å². The molecule has 2 nitrogen and oxygen atoms in total. The molecule has 4 rings (SSSR count). The second-order valence-corrected chi connectivity index (χ2v) is 6.94. The van der Waals surface area contributed by atoms with Gasteiger partial charge in [0.15, 0.2) is 5.43 Å². The topological polar surface area (TPSA) is 32.9 Å². The van der Waals surface area contributed by atoms with Crippen molar-refractivity contribution in [1.82, 2.24) is 4.98 Å². The summed E-state index contributed by atoms with van der Waals surface area (Å²) < 4.78 is 0.950. The lowest BCUT2D eigenvalue weighted by molar-refractivity contribution is 1.15. The largest absolute Gasteiger partial charge is 0.354 e. The Hall–Kier alpha value is -2.65. The molecule has 0 fully saturated rings. The summed E-state index contributed by atoms with van der Waals surface area (Å²) in [5, 5.41) is 0.716. The Morgan fingerprint density at radius 2 is 1.52 bits per heavy atom. The molecule has 0 aliphatic rings. The van der Waals surface area contributed by atoms with E-state index in [1.165, 1.54) is 0 Å². The Morgan fingerprint density at radius 3 is 2.24 bits per heavy atom. The van der Waals surface area contributed by atoms with Crippen molar-refractivity contribution in [3.63, 3.8) is 0 Å². The van der Waals surface area contributed by atoms with E-state index >= 15 is 0 Å². The number of hydrogen-bond acceptors (Lipinski definition) is 1. The molecule has 0 bridgehead atoms. The number of aromatic nitrogens is 1. The van der Waals surface area contributed by atoms with Gasteiger partial charge in [-0.2, -0.15) is 0 Å². The van der Waals surface area contributed by atoms with Gasteiger partial charge in [-0.1, -0.05) is 76.6 Å². The van der Waals surface area contributed by atoms with Gasteiger partial charge in [-0.15, -0.1) is 0 Å². The van der Waals surface area contributed by atoms with Crippen molar-refractivity contribution in [3.8, 4) is 11.3 Å². The molecule has 0 unspecified atom stereocenters. The van der Waals surface area contributed by atoms with Gasteiger partial charge in [-0.05, 0) is 29.3 Å². The number of nitrogens with one attached hydrogen (secondary N) is 1. The lowest BCUT2D eigenvalue weighted by Gasteiger charge is -2.12. The molecule has 0 radical (unpaired) electrons. The summed E-state index contributed by atoms with van der Waals surface area (Å²) in [5.41, 5.74) is 4.76. The van der Waals surface area contributed by atoms with E-state index in [1.807, 2.05) is 66.7 Å². The van der Waals surface area contributed by atoms with Crippen molar-refractivity contribution >= 4 is 26.8 Å². The van der Waals surface area contributed by atoms with Gasteiger partial charge in [0.05, 0.1) is 11.2 Å². The zero-order valence-electron chi connectivity index (χ0n) is 13.5. The lowest BCUT2D eigenvalue weighted by Crippen LogP contribution is -2.13. The molecule has 3 aromatic carbocycles. The fraction of sp³-hybridized carbons (Fsp3) is 0.0455. The van der Waals surface area contributed by atoms with Gasteiger partial charge in [0.2, 0.25) is 0 Å². The second-order valence-electron chi connectivity index (χ2n) is 6.03. The van der Waals surface area contributed by atoms with Crippen LogP contribution in [0, 0.1) is 0 Å². The van der Waals surface area contributed by atoms with Crippen molar-refractivity contribution in [1.29, 1.82) is 0 Å². The van der Waals surface area contributed by atoms with Crippen LogP contribution in [0.2, 0.25) is 0 Å². The Balaban J connectivity index is 1.99. The van der Waals surface area contributed by atoms with Crippen LogP contribution in [0.5, 0.6) is 0 Å². The van der Waals surface area contributed by atoms with E-state index < -0.39 is 0 Å². The van der Waals surface area contributed by atoms with E-state index in [-0.39, 0.29) is 5.43 Å². The van der Waals surface area contributed by atoms with Gasteiger partial charge < -0.3 is 4.98 Å². The maximum atomic E-state index is 13.2. The summed E-state index contributed by atoms with van der Waals surface area (Å²) in [6.45, 7) is 0. The van der Waals surface area contributed by atoms with Crippen molar-refractivity contribution in [2.24, 2.45) is 0 Å². The van der Waals surface area contributed by atoms with Gasteiger partial charge >= 0.3 is 0 Å². The van der Waals surface area contributed by atoms with Crippen molar-refractivity contribution < 1.29 is 0 Å². The molecule has 4 aromatic rings. The Labute approximate surface area is 154 Å². The molecule has 0 saturated carbocycles. The maximum absolute atomic E-state index is 13.2. The molecular weight excluding hydrogens is 374 g/mol. The Kier molecular flexibility index (Phi) is 4.24. The third-order valence-corrected chi connectivity index (χ3v) is 4.84. The van der Waals surface area contributed by atoms with Gasteiger partial charge in [-0.25, -0.2) is 0 Å². The maximum Gasteiger partial charge on any atom is 0.193 e. The van der Waals surface area contributed by atoms with Gasteiger partial charge in [0.25, 0.3) is 0 Å². The number of rotatable bonds is 3. The summed E-state index contributed by atoms with van der Waals surface area (Å²) in [5.74, 6) is 0. The molecule has 0 aliphatic carbocycles. The summed E-state index contributed by atoms with van der Waals surface area (Å²) in [6, 6.07) is 25.9. The summed E-state index contributed by atoms with van der Waals surface area (Å²) in [4.78, 5) is 16.7. The van der Waals surface area contributed by atoms with E-state index in [9.17, 15) is 4.79 Å². The second kappa shape index (κ2) is 6.69. The summed E-state index contributed by atoms with van der Waals surface area (Å²) in [6.07, 6.45) is 0.604. The lowest BCUT2D eigenvalue weighted by atomic mass is 9.97. The molecule has 1 aromatic heterocycles. The smallest absolute Gasteiger partial charge is 0.193 e. The number of aromatic amines is 1. The van der Waals surface area contributed by atoms with Crippen LogP contribution in [0.15, 0.2) is 88.1 Å². The molecular formula is C22H16BrNO. The average Bonchev–Trinajstić information content (AvgIpc) is 2.65. The first-order valence-corrected chi connectivity index (χ1v) is 8.95. The number of H-pyrrole nitrogens is 1. The fourth-order valence-corrected chi connectivity index (χ4v) is 3.49. The van der Waals surface area contributed by atoms with E-state index in [1.54, 1.807) is 0 Å². The monoisotopic (exact) mass is 389 g/mol. The predicted octanol–water partition coefficient (Wildman–Crippen LogP) is 5.55. The van der Waals surface area contributed by atoms with E-state index in [0.29, 0.717) is 11.8 Å². The molecule has 0 spiro atoms. The van der Waals surface area contributed by atoms with Gasteiger partial charge in [0, 0.05) is 21.8 Å². The van der Waals surface area contributed by atoms with E-state index in [2.05, 4.69) is 33.0 Å². The molecule has 0 aliphatic heterocycles. The van der Waals surface area contributed by atoms with Crippen LogP contribution in [-0.2, 0) is 6.42 Å². The van der Waals surface area contributed by atoms with Crippen molar-refractivity contribution in [2.45, 2.75) is 6.42 Å². The van der Waals surface area contributed by atoms with Crippen molar-refractivity contribution in [3.05, 3.63) is 105 Å². The van der Waals surface area contributed by atoms with Crippen LogP contribution in [0.4, 0.5) is 0 Å². The minimum atomic E-state index is 0.0870. The quantitative estimate of drug-likeness (QED) is 0.489. The Bertz CT molecular complexity index is 1090. The minimum absolute atomic E-state index is 0.0870. The zero-order valence-corrected chi connectivity index (χ0v) is 15.1. The predicted molar refractivity (Wildman–Crippen MR) is 107 cm³/mol. The molecule has 122 valence electrons. The molecule has 0 atom stereocenters. The van der Waals surface area contributed by atoms with Crippen molar-refractivity contribution in [2.75, 3.05) is 0 Å². The number of halogens is 1. The third kappa shape index (κ3) is 3.15. The van der Waals surface area contributed by atoms with E-state index in [4.69, 9.17) is 0 Å². The number of fused-ring (bicyclic) bond motifs is 1. The van der Waals surface area contributed by atoms with Crippen LogP contribution in [0.1, 0.15) is 11.1 Å². The fourth-order valence-electron chi connectivity index (χ4n) is 3.12. The average molecular weight is 390 g/mol. The van der Waals surface area contributed by atoms with Gasteiger partial charge in [0.1, 0.15) is 0 Å². The van der Waals surface area contributed by atoms with Crippen LogP contribution in [-0.4, -0.2) is 4.98 Å². The first kappa shape index (κ1) is 15.9. The highest BCUT2D eigenvalue weighted by Gasteiger charge is 2.14. The Morgan fingerprint density at radius 1 is 0.840 bits per heavy atom. The first-order chi connectivity index (χ1) is 12.2. The normalized spacial score (nSPS) is 10.9. The molecule has 25 heavy (non-hydrogen) atoms. The summed E-state index contributed by atoms with van der Waals surface area (Å²) >= 11 is 3.49. The zero-order chi connectivity index (χ0) is 17.2. The highest BCUT2D eigenvalue weighted by Crippen LogP contribution is 2.25. The molecule has 3 heteroatoms. The van der Waals surface area contributed by atoms with E-state index in [0.717, 1.165) is 32.4 Å². The van der Waals surface area contributed by atoms with Crippen LogP contribution < -0.4 is 5.43 Å². The highest BCUT2D eigenvalue weighted by atomic mass is 79.9. The molecule has 1 N–H and O–H groups in total. The SMILES string of the molecule is O=c1c(Cc2ccccc2)c(-c2ccccc2)[nH]c2cc(Br)ccc12. The van der Waals surface area contributed by atoms with Crippen LogP contribution >= 0.6 is 15.9 Å².